The third kappa shape index (κ3) is 4.65. The van der Waals surface area contributed by atoms with Crippen molar-refractivity contribution >= 4 is 21.6 Å². The molecular weight excluding hydrogens is 412 g/mol. The minimum absolute atomic E-state index is 0.118. The summed E-state index contributed by atoms with van der Waals surface area (Å²) in [6.45, 7) is 4.98. The molecule has 0 saturated carbocycles. The van der Waals surface area contributed by atoms with Crippen LogP contribution in [0.1, 0.15) is 54.1 Å². The van der Waals surface area contributed by atoms with E-state index < -0.39 is 10.0 Å². The fraction of sp³-hybridized carbons (Fsp3) is 0.391. The van der Waals surface area contributed by atoms with E-state index in [1.165, 1.54) is 0 Å². The molecule has 3 heterocycles. The molecule has 1 aliphatic rings. The van der Waals surface area contributed by atoms with Crippen molar-refractivity contribution in [3.05, 3.63) is 71.7 Å². The molecule has 3 aromatic rings. The molecule has 0 bridgehead atoms. The van der Waals surface area contributed by atoms with E-state index in [1.807, 2.05) is 53.2 Å². The third-order valence-corrected chi connectivity index (χ3v) is 8.25. The Hall–Kier alpha value is -2.71. The Balaban J connectivity index is 1.33. The SMILES string of the molecule is CC(C)S(=O)(=O)N1CCC(c2ccc(C(=O)NCc3ccn4ccnc4c3)cc2)CC1. The lowest BCUT2D eigenvalue weighted by Crippen LogP contribution is -2.41. The van der Waals surface area contributed by atoms with Crippen LogP contribution in [0.4, 0.5) is 0 Å². The van der Waals surface area contributed by atoms with E-state index in [-0.39, 0.29) is 11.2 Å². The van der Waals surface area contributed by atoms with Crippen LogP contribution in [0.15, 0.2) is 55.0 Å². The van der Waals surface area contributed by atoms with Crippen LogP contribution in [0.2, 0.25) is 0 Å². The summed E-state index contributed by atoms with van der Waals surface area (Å²) in [5, 5.41) is 2.57. The zero-order chi connectivity index (χ0) is 22.0. The van der Waals surface area contributed by atoms with Gasteiger partial charge in [-0.1, -0.05) is 12.1 Å². The van der Waals surface area contributed by atoms with Crippen LogP contribution in [0.5, 0.6) is 0 Å². The summed E-state index contributed by atoms with van der Waals surface area (Å²) in [6, 6.07) is 11.6. The number of carbonyl (C=O) groups excluding carboxylic acids is 1. The standard InChI is InChI=1S/C23H28N4O3S/c1-17(2)31(29,30)27-12-8-20(9-13-27)19-3-5-21(6-4-19)23(28)25-16-18-7-11-26-14-10-24-22(26)15-18/h3-7,10-11,14-15,17,20H,8-9,12-13,16H2,1-2H3,(H,25,28). The van der Waals surface area contributed by atoms with Crippen molar-refractivity contribution in [3.8, 4) is 0 Å². The average molecular weight is 441 g/mol. The number of amides is 1. The minimum atomic E-state index is -3.19. The number of piperidine rings is 1. The van der Waals surface area contributed by atoms with Gasteiger partial charge >= 0.3 is 0 Å². The van der Waals surface area contributed by atoms with Crippen LogP contribution in [-0.2, 0) is 16.6 Å². The molecule has 1 aliphatic heterocycles. The van der Waals surface area contributed by atoms with E-state index >= 15 is 0 Å². The molecule has 164 valence electrons. The summed E-state index contributed by atoms with van der Waals surface area (Å²) in [5.41, 5.74) is 3.61. The second kappa shape index (κ2) is 8.80. The maximum Gasteiger partial charge on any atom is 0.251 e. The molecule has 0 unspecified atom stereocenters. The van der Waals surface area contributed by atoms with Gasteiger partial charge in [-0.05, 0) is 68.0 Å². The quantitative estimate of drug-likeness (QED) is 0.638. The summed E-state index contributed by atoms with van der Waals surface area (Å²) in [7, 11) is -3.19. The van der Waals surface area contributed by atoms with Gasteiger partial charge in [0.1, 0.15) is 5.65 Å². The van der Waals surface area contributed by atoms with Crippen LogP contribution >= 0.6 is 0 Å². The molecule has 7 nitrogen and oxygen atoms in total. The Labute approximate surface area is 183 Å². The van der Waals surface area contributed by atoms with Crippen molar-refractivity contribution in [1.82, 2.24) is 19.0 Å². The largest absolute Gasteiger partial charge is 0.348 e. The van der Waals surface area contributed by atoms with Crippen LogP contribution in [0.25, 0.3) is 5.65 Å². The van der Waals surface area contributed by atoms with Gasteiger partial charge in [0.25, 0.3) is 5.91 Å². The highest BCUT2D eigenvalue weighted by Gasteiger charge is 2.30. The first-order valence-corrected chi connectivity index (χ1v) is 12.1. The molecule has 1 N–H and O–H groups in total. The highest BCUT2D eigenvalue weighted by atomic mass is 32.2. The Morgan fingerprint density at radius 2 is 1.84 bits per heavy atom. The fourth-order valence-corrected chi connectivity index (χ4v) is 5.31. The predicted molar refractivity (Wildman–Crippen MR) is 120 cm³/mol. The highest BCUT2D eigenvalue weighted by Crippen LogP contribution is 2.30. The van der Waals surface area contributed by atoms with E-state index in [9.17, 15) is 13.2 Å². The van der Waals surface area contributed by atoms with Crippen LogP contribution in [0, 0.1) is 0 Å². The van der Waals surface area contributed by atoms with E-state index in [1.54, 1.807) is 24.3 Å². The summed E-state index contributed by atoms with van der Waals surface area (Å²) in [6.07, 6.45) is 7.15. The van der Waals surface area contributed by atoms with Gasteiger partial charge in [0.2, 0.25) is 10.0 Å². The fourth-order valence-electron chi connectivity index (χ4n) is 4.00. The maximum absolute atomic E-state index is 12.5. The second-order valence-electron chi connectivity index (χ2n) is 8.30. The summed E-state index contributed by atoms with van der Waals surface area (Å²) in [4.78, 5) is 16.8. The van der Waals surface area contributed by atoms with Crippen molar-refractivity contribution < 1.29 is 13.2 Å². The number of sulfonamides is 1. The number of nitrogens with one attached hydrogen (secondary N) is 1. The Kier molecular flexibility index (Phi) is 6.11. The molecule has 4 rings (SSSR count). The number of nitrogens with zero attached hydrogens (tertiary/aromatic N) is 3. The molecule has 0 spiro atoms. The monoisotopic (exact) mass is 440 g/mol. The van der Waals surface area contributed by atoms with Gasteiger partial charge < -0.3 is 9.72 Å². The van der Waals surface area contributed by atoms with Crippen LogP contribution < -0.4 is 5.32 Å². The first-order valence-electron chi connectivity index (χ1n) is 10.6. The van der Waals surface area contributed by atoms with Gasteiger partial charge in [-0.2, -0.15) is 0 Å². The predicted octanol–water partition coefficient (Wildman–Crippen LogP) is 3.18. The zero-order valence-corrected chi connectivity index (χ0v) is 18.7. The van der Waals surface area contributed by atoms with Crippen molar-refractivity contribution in [2.45, 2.75) is 44.4 Å². The summed E-state index contributed by atoms with van der Waals surface area (Å²) in [5.74, 6) is 0.199. The number of fused-ring (bicyclic) bond motifs is 1. The molecule has 1 amide bonds. The van der Waals surface area contributed by atoms with Gasteiger partial charge in [0.15, 0.2) is 0 Å². The van der Waals surface area contributed by atoms with E-state index in [0.29, 0.717) is 31.1 Å². The first-order chi connectivity index (χ1) is 14.8. The summed E-state index contributed by atoms with van der Waals surface area (Å²) >= 11 is 0. The van der Waals surface area contributed by atoms with Crippen molar-refractivity contribution in [1.29, 1.82) is 0 Å². The van der Waals surface area contributed by atoms with E-state index in [0.717, 1.165) is 29.6 Å². The molecule has 0 aliphatic carbocycles. The zero-order valence-electron chi connectivity index (χ0n) is 17.9. The minimum Gasteiger partial charge on any atom is -0.348 e. The third-order valence-electron chi connectivity index (χ3n) is 5.97. The number of benzene rings is 1. The number of carbonyl (C=O) groups is 1. The van der Waals surface area contributed by atoms with E-state index in [4.69, 9.17) is 0 Å². The average Bonchev–Trinajstić information content (AvgIpc) is 3.25. The van der Waals surface area contributed by atoms with Crippen molar-refractivity contribution in [2.24, 2.45) is 0 Å². The maximum atomic E-state index is 12.5. The van der Waals surface area contributed by atoms with Gasteiger partial charge in [0.05, 0.1) is 5.25 Å². The van der Waals surface area contributed by atoms with Crippen LogP contribution in [-0.4, -0.2) is 46.4 Å². The number of aromatic nitrogens is 2. The smallest absolute Gasteiger partial charge is 0.251 e. The van der Waals surface area contributed by atoms with Gasteiger partial charge in [-0.3, -0.25) is 4.79 Å². The summed E-state index contributed by atoms with van der Waals surface area (Å²) < 4.78 is 28.2. The highest BCUT2D eigenvalue weighted by molar-refractivity contribution is 7.89. The lowest BCUT2D eigenvalue weighted by atomic mass is 9.90. The molecule has 1 saturated heterocycles. The van der Waals surface area contributed by atoms with Gasteiger partial charge in [-0.25, -0.2) is 17.7 Å². The van der Waals surface area contributed by atoms with Gasteiger partial charge in [0, 0.05) is 43.8 Å². The molecule has 2 aromatic heterocycles. The van der Waals surface area contributed by atoms with Crippen molar-refractivity contribution in [2.75, 3.05) is 13.1 Å². The lowest BCUT2D eigenvalue weighted by Gasteiger charge is -2.32. The number of hydrogen-bond donors (Lipinski definition) is 1. The van der Waals surface area contributed by atoms with Gasteiger partial charge in [-0.15, -0.1) is 0 Å². The molecule has 8 heteroatoms. The molecule has 1 aromatic carbocycles. The first kappa shape index (κ1) is 21.5. The Morgan fingerprint density at radius 1 is 1.13 bits per heavy atom. The number of hydrogen-bond acceptors (Lipinski definition) is 4. The topological polar surface area (TPSA) is 83.8 Å². The second-order valence-corrected chi connectivity index (χ2v) is 10.8. The molecule has 31 heavy (non-hydrogen) atoms. The normalized spacial score (nSPS) is 16.1. The number of pyridine rings is 1. The van der Waals surface area contributed by atoms with E-state index in [2.05, 4.69) is 10.3 Å². The molecule has 0 radical (unpaired) electrons. The van der Waals surface area contributed by atoms with Crippen LogP contribution in [0.3, 0.4) is 0 Å². The molecular formula is C23H28N4O3S. The Bertz CT molecular complexity index is 1160. The molecule has 0 atom stereocenters. The van der Waals surface area contributed by atoms with Crippen molar-refractivity contribution in [3.63, 3.8) is 0 Å². The lowest BCUT2D eigenvalue weighted by molar-refractivity contribution is 0.0951. The Morgan fingerprint density at radius 3 is 2.52 bits per heavy atom. The number of imidazole rings is 1. The number of rotatable bonds is 6. The molecule has 1 fully saturated rings.